The fourth-order valence-corrected chi connectivity index (χ4v) is 4.94. The van der Waals surface area contributed by atoms with Crippen LogP contribution in [-0.4, -0.2) is 114 Å². The molecule has 0 fully saturated rings. The van der Waals surface area contributed by atoms with Crippen molar-refractivity contribution in [3.63, 3.8) is 0 Å². The van der Waals surface area contributed by atoms with E-state index in [0.717, 1.165) is 11.3 Å². The zero-order chi connectivity index (χ0) is 38.9. The lowest BCUT2D eigenvalue weighted by atomic mass is 10.1. The van der Waals surface area contributed by atoms with E-state index in [9.17, 15) is 28.6 Å². The number of hydrogen-bond donors (Lipinski definition) is 1. The molecule has 0 aliphatic heterocycles. The van der Waals surface area contributed by atoms with Gasteiger partial charge in [0.05, 0.1) is 45.4 Å². The molecule has 2 heterocycles. The molecular formula is C33H42N5O15P. The summed E-state index contributed by atoms with van der Waals surface area (Å²) in [6.45, 7) is -0.116. The maximum absolute atomic E-state index is 12.1. The summed E-state index contributed by atoms with van der Waals surface area (Å²) in [7, 11) is -2.95. The summed E-state index contributed by atoms with van der Waals surface area (Å²) in [6.07, 6.45) is 7.93. The van der Waals surface area contributed by atoms with Crippen LogP contribution in [0, 0.1) is 0 Å². The molecule has 2 aromatic heterocycles. The van der Waals surface area contributed by atoms with Gasteiger partial charge in [0.15, 0.2) is 17.6 Å². The van der Waals surface area contributed by atoms with Crippen LogP contribution < -0.4 is 9.47 Å². The summed E-state index contributed by atoms with van der Waals surface area (Å²) in [5.41, 5.74) is 2.17. The van der Waals surface area contributed by atoms with Gasteiger partial charge in [0.2, 0.25) is 0 Å². The predicted octanol–water partition coefficient (Wildman–Crippen LogP) is 2.34. The van der Waals surface area contributed by atoms with Crippen LogP contribution in [0.4, 0.5) is 0 Å². The van der Waals surface area contributed by atoms with Gasteiger partial charge in [-0.05, 0) is 42.7 Å². The summed E-state index contributed by atoms with van der Waals surface area (Å²) in [6, 6.07) is 7.37. The van der Waals surface area contributed by atoms with Crippen LogP contribution in [0.3, 0.4) is 0 Å². The number of phosphoric acid groups is 1. The lowest BCUT2D eigenvalue weighted by molar-refractivity contribution is -0.145. The fourth-order valence-electron chi connectivity index (χ4n) is 4.15. The Morgan fingerprint density at radius 2 is 1.74 bits per heavy atom. The second-order valence-electron chi connectivity index (χ2n) is 10.8. The van der Waals surface area contributed by atoms with E-state index in [1.54, 1.807) is 30.3 Å². The van der Waals surface area contributed by atoms with Gasteiger partial charge in [-0.1, -0.05) is 17.4 Å². The molecule has 0 radical (unpaired) electrons. The normalized spacial score (nSPS) is 12.7. The topological polar surface area (TPSA) is 245 Å². The average Bonchev–Trinajstić information content (AvgIpc) is 3.64. The largest absolute Gasteiger partial charge is 0.493 e. The van der Waals surface area contributed by atoms with Gasteiger partial charge in [-0.25, -0.2) is 19.2 Å². The van der Waals surface area contributed by atoms with Gasteiger partial charge in [0.25, 0.3) is 12.9 Å². The highest BCUT2D eigenvalue weighted by atomic mass is 31.2. The number of rotatable bonds is 29. The number of nitrogens with zero attached hydrogens (tertiary/aromatic N) is 5. The van der Waals surface area contributed by atoms with Gasteiger partial charge in [0.1, 0.15) is 38.4 Å². The Labute approximate surface area is 310 Å². The van der Waals surface area contributed by atoms with E-state index >= 15 is 0 Å². The third-order valence-corrected chi connectivity index (χ3v) is 7.73. The second kappa shape index (κ2) is 24.9. The van der Waals surface area contributed by atoms with Gasteiger partial charge < -0.3 is 38.1 Å². The van der Waals surface area contributed by atoms with Crippen molar-refractivity contribution < 1.29 is 70.8 Å². The highest BCUT2D eigenvalue weighted by Gasteiger charge is 2.24. The van der Waals surface area contributed by atoms with Crippen molar-refractivity contribution in [3.05, 3.63) is 59.9 Å². The SMILES string of the molecule is COc1cc(/C=C/c2ccncn2)ccc1OCCn1cc(COC(=O)CCCOCCOC(=O)CCCOP(=O)(O)OCC(COC=O)OC=O)nn1. The van der Waals surface area contributed by atoms with Crippen molar-refractivity contribution in [2.75, 3.05) is 53.4 Å². The molecule has 0 saturated heterocycles. The Kier molecular flexibility index (Phi) is 19.9. The first-order chi connectivity index (χ1) is 26.2. The van der Waals surface area contributed by atoms with Crippen molar-refractivity contribution in [1.82, 2.24) is 25.0 Å². The molecule has 21 heteroatoms. The standard InChI is InChI=1S/C33H42N5O15P/c1-45-31-18-26(6-8-27-10-11-34-23-35-27)7-9-30(31)48-15-12-38-19-28(36-37-38)20-50-33(42)4-2-13-46-16-17-49-32(41)5-3-14-52-54(43,44)53-22-29(51-25-40)21-47-24-39/h6-11,18-19,23-25,29H,2-5,12-17,20-22H2,1H3,(H,43,44)/b8-6+. The van der Waals surface area contributed by atoms with E-state index in [2.05, 4.69) is 34.3 Å². The van der Waals surface area contributed by atoms with Crippen LogP contribution in [0.1, 0.15) is 42.6 Å². The molecule has 0 amide bonds. The van der Waals surface area contributed by atoms with E-state index in [4.69, 9.17) is 28.2 Å². The molecule has 2 atom stereocenters. The Bertz CT molecular complexity index is 1660. The third kappa shape index (κ3) is 18.0. The lowest BCUT2D eigenvalue weighted by Gasteiger charge is -2.16. The summed E-state index contributed by atoms with van der Waals surface area (Å²) in [5.74, 6) is 0.126. The molecular weight excluding hydrogens is 737 g/mol. The van der Waals surface area contributed by atoms with Gasteiger partial charge in [-0.2, -0.15) is 0 Å². The molecule has 0 aliphatic rings. The Morgan fingerprint density at radius 1 is 0.926 bits per heavy atom. The number of esters is 2. The van der Waals surface area contributed by atoms with Gasteiger partial charge in [-0.15, -0.1) is 5.10 Å². The third-order valence-electron chi connectivity index (χ3n) is 6.75. The summed E-state index contributed by atoms with van der Waals surface area (Å²) >= 11 is 0. The van der Waals surface area contributed by atoms with Crippen molar-refractivity contribution in [1.29, 1.82) is 0 Å². The maximum atomic E-state index is 12.1. The van der Waals surface area contributed by atoms with Crippen LogP contribution in [0.2, 0.25) is 0 Å². The number of hydrogen-bond acceptors (Lipinski definition) is 18. The minimum absolute atomic E-state index is 0.0312. The van der Waals surface area contributed by atoms with E-state index in [1.807, 2.05) is 30.4 Å². The van der Waals surface area contributed by atoms with Crippen LogP contribution in [-0.2, 0) is 69.6 Å². The van der Waals surface area contributed by atoms with Crippen LogP contribution >= 0.6 is 7.82 Å². The molecule has 20 nitrogen and oxygen atoms in total. The number of benzene rings is 1. The molecule has 0 bridgehead atoms. The van der Waals surface area contributed by atoms with Gasteiger partial charge in [0, 0.05) is 25.6 Å². The summed E-state index contributed by atoms with van der Waals surface area (Å²) in [4.78, 5) is 62.4. The quantitative estimate of drug-likeness (QED) is 0.0349. The first-order valence-electron chi connectivity index (χ1n) is 16.5. The van der Waals surface area contributed by atoms with Crippen molar-refractivity contribution in [2.24, 2.45) is 0 Å². The molecule has 294 valence electrons. The number of ether oxygens (including phenoxy) is 7. The van der Waals surface area contributed by atoms with E-state index in [0.29, 0.717) is 36.8 Å². The smallest absolute Gasteiger partial charge is 0.472 e. The Hall–Kier alpha value is -5.27. The zero-order valence-corrected chi connectivity index (χ0v) is 30.4. The van der Waals surface area contributed by atoms with Gasteiger partial charge >= 0.3 is 19.8 Å². The molecule has 3 rings (SSSR count). The number of phosphoric ester groups is 1. The molecule has 3 aromatic rings. The van der Waals surface area contributed by atoms with Crippen LogP contribution in [0.25, 0.3) is 12.2 Å². The highest BCUT2D eigenvalue weighted by Crippen LogP contribution is 2.43. The number of carbonyl (C=O) groups excluding carboxylic acids is 4. The zero-order valence-electron chi connectivity index (χ0n) is 29.5. The molecule has 0 aliphatic carbocycles. The molecule has 54 heavy (non-hydrogen) atoms. The first-order valence-corrected chi connectivity index (χ1v) is 18.0. The molecule has 0 saturated carbocycles. The van der Waals surface area contributed by atoms with Crippen molar-refractivity contribution >= 4 is 44.9 Å². The second-order valence-corrected chi connectivity index (χ2v) is 12.2. The number of carbonyl (C=O) groups is 4. The average molecular weight is 780 g/mol. The number of aromatic nitrogens is 5. The monoisotopic (exact) mass is 779 g/mol. The number of methoxy groups -OCH3 is 1. The Morgan fingerprint density at radius 3 is 2.50 bits per heavy atom. The minimum Gasteiger partial charge on any atom is -0.493 e. The predicted molar refractivity (Wildman–Crippen MR) is 184 cm³/mol. The van der Waals surface area contributed by atoms with E-state index < -0.39 is 32.5 Å². The van der Waals surface area contributed by atoms with Crippen molar-refractivity contribution in [3.8, 4) is 11.5 Å². The first kappa shape index (κ1) is 43.1. The van der Waals surface area contributed by atoms with Gasteiger partial charge in [-0.3, -0.25) is 28.2 Å². The summed E-state index contributed by atoms with van der Waals surface area (Å²) < 4.78 is 58.9. The molecule has 1 aromatic carbocycles. The van der Waals surface area contributed by atoms with Crippen LogP contribution in [0.5, 0.6) is 11.5 Å². The Balaban J connectivity index is 1.19. The molecule has 0 spiro atoms. The highest BCUT2D eigenvalue weighted by molar-refractivity contribution is 7.47. The minimum atomic E-state index is -4.51. The summed E-state index contributed by atoms with van der Waals surface area (Å²) in [5, 5.41) is 8.06. The molecule has 1 N–H and O–H groups in total. The van der Waals surface area contributed by atoms with Crippen LogP contribution in [0.15, 0.2) is 43.0 Å². The van der Waals surface area contributed by atoms with E-state index in [1.165, 1.54) is 6.33 Å². The van der Waals surface area contributed by atoms with Crippen molar-refractivity contribution in [2.45, 2.75) is 44.9 Å². The van der Waals surface area contributed by atoms with E-state index in [-0.39, 0.29) is 71.8 Å². The molecule has 2 unspecified atom stereocenters. The fraction of sp³-hybridized carbons (Fsp3) is 0.455. The maximum Gasteiger partial charge on any atom is 0.472 e. The lowest BCUT2D eigenvalue weighted by Crippen LogP contribution is -2.24.